The van der Waals surface area contributed by atoms with Crippen LogP contribution in [0.4, 0.5) is 0 Å². The minimum atomic E-state index is -3.80. The van der Waals surface area contributed by atoms with E-state index in [4.69, 9.17) is 9.47 Å². The van der Waals surface area contributed by atoms with E-state index in [2.05, 4.69) is 0 Å². The number of aliphatic hydroxyl groups is 10. The van der Waals surface area contributed by atoms with E-state index in [1.165, 1.54) is 42.5 Å². The third-order valence-electron chi connectivity index (χ3n) is 9.64. The fourth-order valence-electron chi connectivity index (χ4n) is 6.81. The van der Waals surface area contributed by atoms with E-state index in [0.717, 1.165) is 18.2 Å². The Balaban J connectivity index is 1.81. The van der Waals surface area contributed by atoms with E-state index in [9.17, 15) is 70.9 Å². The lowest BCUT2D eigenvalue weighted by Gasteiger charge is -2.54. The molecule has 276 valence electrons. The normalized spacial score (nSPS) is 38.6. The predicted octanol–water partition coefficient (Wildman–Crippen LogP) is -3.71. The van der Waals surface area contributed by atoms with Gasteiger partial charge in [-0.15, -0.1) is 0 Å². The zero-order chi connectivity index (χ0) is 37.6. The molecule has 1 saturated carbocycles. The van der Waals surface area contributed by atoms with Gasteiger partial charge in [-0.05, 0) is 47.9 Å². The van der Waals surface area contributed by atoms with Crippen LogP contribution < -0.4 is 0 Å². The second-order valence-corrected chi connectivity index (χ2v) is 12.8. The Bertz CT molecular complexity index is 1690. The fraction of sp³-hybridized carbons (Fsp3) is 0.441. The van der Waals surface area contributed by atoms with E-state index in [0.29, 0.717) is 5.56 Å². The van der Waals surface area contributed by atoms with Crippen molar-refractivity contribution in [1.29, 1.82) is 0 Å². The third kappa shape index (κ3) is 6.36. The van der Waals surface area contributed by atoms with Crippen LogP contribution in [0.1, 0.15) is 11.1 Å². The Hall–Kier alpha value is -4.11. The Kier molecular flexibility index (Phi) is 10.8. The topological polar surface area (TPSA) is 312 Å². The van der Waals surface area contributed by atoms with Gasteiger partial charge in [-0.3, -0.25) is 14.4 Å². The van der Waals surface area contributed by atoms with Crippen molar-refractivity contribution in [2.75, 3.05) is 13.2 Å². The number of Topliss-reactive ketones (excluding diaryl/α,β-unsaturated/α-hetero) is 3. The van der Waals surface area contributed by atoms with Gasteiger partial charge >= 0.3 is 0 Å². The summed E-state index contributed by atoms with van der Waals surface area (Å²) in [5.41, 5.74) is -7.93. The first-order valence-corrected chi connectivity index (χ1v) is 15.7. The highest BCUT2D eigenvalue weighted by Crippen LogP contribution is 2.49. The average molecular weight is 719 g/mol. The molecule has 5 rings (SSSR count). The van der Waals surface area contributed by atoms with Gasteiger partial charge in [0.05, 0.1) is 13.2 Å². The molecule has 3 fully saturated rings. The summed E-state index contributed by atoms with van der Waals surface area (Å²) in [6, 6.07) is 10.0. The quantitative estimate of drug-likeness (QED) is 0.0541. The molecule has 2 aliphatic heterocycles. The SMILES string of the molecule is O=C1/C(=C(O)\C=C\c2ccc(O)cc2)C(=O)[C@@](Cc2ccc(O)cc2)([C@@H]2O[C@H](CO)[C@@H](O)[C@H](O)[C@H]2O)C(=O)[C@@]1(O)[C@@H]1O[C@H](CO)[C@@H](O)[C@H](O)[C@H]1O. The van der Waals surface area contributed by atoms with Gasteiger partial charge in [0, 0.05) is 0 Å². The lowest BCUT2D eigenvalue weighted by Crippen LogP contribution is -2.78. The van der Waals surface area contributed by atoms with Crippen LogP contribution in [0.3, 0.4) is 0 Å². The number of phenolic OH excluding ortho intramolecular Hbond substituents is 2. The number of phenols is 2. The molecule has 12 atom stereocenters. The van der Waals surface area contributed by atoms with E-state index in [1.807, 2.05) is 0 Å². The Morgan fingerprint density at radius 2 is 1.14 bits per heavy atom. The summed E-state index contributed by atoms with van der Waals surface area (Å²) in [5, 5.41) is 128. The summed E-state index contributed by atoms with van der Waals surface area (Å²) in [6.07, 6.45) is -20.8. The van der Waals surface area contributed by atoms with Crippen molar-refractivity contribution in [1.82, 2.24) is 0 Å². The summed E-state index contributed by atoms with van der Waals surface area (Å²) >= 11 is 0. The van der Waals surface area contributed by atoms with E-state index in [-0.39, 0.29) is 17.1 Å². The number of ether oxygens (including phenoxy) is 2. The number of carbonyl (C=O) groups excluding carboxylic acids is 3. The van der Waals surface area contributed by atoms with Crippen LogP contribution >= 0.6 is 0 Å². The van der Waals surface area contributed by atoms with Crippen LogP contribution in [0.25, 0.3) is 6.08 Å². The summed E-state index contributed by atoms with van der Waals surface area (Å²) in [7, 11) is 0. The lowest BCUT2D eigenvalue weighted by atomic mass is 9.54. The molecule has 3 aliphatic rings. The van der Waals surface area contributed by atoms with Crippen LogP contribution in [0, 0.1) is 5.41 Å². The number of hydrogen-bond acceptors (Lipinski definition) is 17. The molecule has 1 aliphatic carbocycles. The van der Waals surface area contributed by atoms with E-state index < -0.39 is 120 Å². The maximum atomic E-state index is 15.0. The molecule has 2 aromatic carbocycles. The summed E-state index contributed by atoms with van der Waals surface area (Å²) in [6.45, 7) is -2.12. The van der Waals surface area contributed by atoms with Crippen molar-refractivity contribution in [3.63, 3.8) is 0 Å². The monoisotopic (exact) mass is 718 g/mol. The molecule has 0 radical (unpaired) electrons. The van der Waals surface area contributed by atoms with Crippen LogP contribution in [-0.4, -0.2) is 158 Å². The maximum absolute atomic E-state index is 15.0. The number of carbonyl (C=O) groups is 3. The van der Waals surface area contributed by atoms with Gasteiger partial charge in [0.1, 0.15) is 89.3 Å². The first-order chi connectivity index (χ1) is 24.0. The summed E-state index contributed by atoms with van der Waals surface area (Å²) < 4.78 is 11.1. The van der Waals surface area contributed by atoms with E-state index >= 15 is 4.79 Å². The Labute approximate surface area is 288 Å². The van der Waals surface area contributed by atoms with Crippen molar-refractivity contribution in [2.45, 2.75) is 73.1 Å². The zero-order valence-corrected chi connectivity index (χ0v) is 26.6. The number of hydrogen-bond donors (Lipinski definition) is 12. The molecule has 0 amide bonds. The average Bonchev–Trinajstić information content (AvgIpc) is 3.11. The molecule has 17 heteroatoms. The minimum Gasteiger partial charge on any atom is -0.508 e. The molecule has 2 saturated heterocycles. The standard InChI is InChI=1S/C34H38O17/c35-12-19-22(40)24(42)26(44)30(50-19)33(11-15-3-8-17(38)9-4-15)28(46)21(18(39)10-5-14-1-6-16(37)7-2-14)29(47)34(49,32(33)48)31-27(45)25(43)23(41)20(13-36)51-31/h1-10,19-20,22-27,30-31,35-45,49H,11-13H2/b10-5+,21-18+/t19-,20-,22-,23-,24+,25+,26-,27-,30-,31-,33+,34+/m1/s1. The molecule has 17 nitrogen and oxygen atoms in total. The summed E-state index contributed by atoms with van der Waals surface area (Å²) in [4.78, 5) is 44.2. The van der Waals surface area contributed by atoms with Crippen LogP contribution in [-0.2, 0) is 30.3 Å². The van der Waals surface area contributed by atoms with Gasteiger partial charge in [0.15, 0.2) is 11.6 Å². The van der Waals surface area contributed by atoms with Crippen molar-refractivity contribution >= 4 is 23.4 Å². The van der Waals surface area contributed by atoms with Crippen LogP contribution in [0.2, 0.25) is 0 Å². The van der Waals surface area contributed by atoms with E-state index in [1.54, 1.807) is 0 Å². The van der Waals surface area contributed by atoms with Crippen molar-refractivity contribution in [2.24, 2.45) is 5.41 Å². The smallest absolute Gasteiger partial charge is 0.216 e. The first kappa shape index (κ1) is 38.1. The minimum absolute atomic E-state index is 0.00423. The molecule has 0 aromatic heterocycles. The third-order valence-corrected chi connectivity index (χ3v) is 9.64. The van der Waals surface area contributed by atoms with Crippen molar-refractivity contribution in [3.8, 4) is 11.5 Å². The zero-order valence-electron chi connectivity index (χ0n) is 26.6. The molecular weight excluding hydrogens is 680 g/mol. The maximum Gasteiger partial charge on any atom is 0.216 e. The highest BCUT2D eigenvalue weighted by atomic mass is 16.6. The first-order valence-electron chi connectivity index (χ1n) is 15.7. The number of aromatic hydroxyl groups is 2. The predicted molar refractivity (Wildman–Crippen MR) is 169 cm³/mol. The second-order valence-electron chi connectivity index (χ2n) is 12.8. The molecule has 0 bridgehead atoms. The number of allylic oxidation sites excluding steroid dienone is 1. The van der Waals surface area contributed by atoms with Crippen LogP contribution in [0.15, 0.2) is 65.9 Å². The van der Waals surface area contributed by atoms with Crippen molar-refractivity contribution in [3.05, 3.63) is 77.1 Å². The Morgan fingerprint density at radius 1 is 0.667 bits per heavy atom. The van der Waals surface area contributed by atoms with Gasteiger partial charge in [-0.25, -0.2) is 0 Å². The van der Waals surface area contributed by atoms with Gasteiger partial charge in [0.2, 0.25) is 11.4 Å². The van der Waals surface area contributed by atoms with Gasteiger partial charge in [-0.2, -0.15) is 0 Å². The van der Waals surface area contributed by atoms with Gasteiger partial charge < -0.3 is 70.8 Å². The lowest BCUT2D eigenvalue weighted by molar-refractivity contribution is -0.272. The number of ketones is 3. The molecule has 12 N–H and O–H groups in total. The number of aliphatic hydroxyl groups excluding tert-OH is 9. The van der Waals surface area contributed by atoms with Gasteiger partial charge in [-0.1, -0.05) is 30.3 Å². The number of benzene rings is 2. The molecule has 2 heterocycles. The highest BCUT2D eigenvalue weighted by Gasteiger charge is 2.74. The second kappa shape index (κ2) is 14.5. The summed E-state index contributed by atoms with van der Waals surface area (Å²) in [5.74, 6) is -6.90. The largest absolute Gasteiger partial charge is 0.508 e. The molecule has 0 unspecified atom stereocenters. The molecule has 2 aromatic rings. The fourth-order valence-corrected chi connectivity index (χ4v) is 6.81. The highest BCUT2D eigenvalue weighted by molar-refractivity contribution is 6.41. The molecular formula is C34H38O17. The van der Waals surface area contributed by atoms with Crippen molar-refractivity contribution < 1.29 is 85.1 Å². The number of rotatable bonds is 8. The van der Waals surface area contributed by atoms with Gasteiger partial charge in [0.25, 0.3) is 0 Å². The molecule has 51 heavy (non-hydrogen) atoms. The van der Waals surface area contributed by atoms with Crippen LogP contribution in [0.5, 0.6) is 11.5 Å². The Morgan fingerprint density at radius 3 is 1.65 bits per heavy atom. The molecule has 0 spiro atoms.